The molecule has 3 aromatic rings. The summed E-state index contributed by atoms with van der Waals surface area (Å²) in [6.45, 7) is 0.0892. The van der Waals surface area contributed by atoms with Crippen molar-refractivity contribution in [1.82, 2.24) is 10.2 Å². The van der Waals surface area contributed by atoms with Crippen molar-refractivity contribution < 1.29 is 14.5 Å². The number of amides is 2. The van der Waals surface area contributed by atoms with Crippen molar-refractivity contribution in [1.29, 1.82) is 0 Å². The third-order valence-electron chi connectivity index (χ3n) is 6.84. The molecule has 0 spiro atoms. The normalized spacial score (nSPS) is 14.2. The van der Waals surface area contributed by atoms with Crippen LogP contribution in [0.2, 0.25) is 10.0 Å². The molecule has 1 aliphatic carbocycles. The second-order valence-corrected chi connectivity index (χ2v) is 10.3. The summed E-state index contributed by atoms with van der Waals surface area (Å²) in [7, 11) is 0. The molecular weight excluding hydrogens is 525 g/mol. The predicted molar refractivity (Wildman–Crippen MR) is 148 cm³/mol. The molecule has 1 N–H and O–H groups in total. The number of nitro benzene ring substituents is 1. The van der Waals surface area contributed by atoms with Crippen LogP contribution in [0.4, 0.5) is 5.69 Å². The Morgan fingerprint density at radius 1 is 0.947 bits per heavy atom. The third kappa shape index (κ3) is 7.11. The number of nitro groups is 1. The number of carbonyl (C=O) groups is 2. The van der Waals surface area contributed by atoms with Crippen molar-refractivity contribution >= 4 is 40.7 Å². The predicted octanol–water partition coefficient (Wildman–Crippen LogP) is 6.14. The summed E-state index contributed by atoms with van der Waals surface area (Å²) in [5.74, 6) is -0.635. The summed E-state index contributed by atoms with van der Waals surface area (Å²) >= 11 is 12.4. The maximum absolute atomic E-state index is 13.9. The number of hydrogen-bond acceptors (Lipinski definition) is 4. The summed E-state index contributed by atoms with van der Waals surface area (Å²) in [6.07, 6.45) is 3.99. The number of para-hydroxylation sites is 1. The number of nitrogens with zero attached hydrogens (tertiary/aromatic N) is 2. The van der Waals surface area contributed by atoms with Crippen molar-refractivity contribution in [3.05, 3.63) is 110 Å². The van der Waals surface area contributed by atoms with Gasteiger partial charge in [0.25, 0.3) is 5.69 Å². The molecule has 3 aromatic carbocycles. The largest absolute Gasteiger partial charge is 0.352 e. The van der Waals surface area contributed by atoms with Gasteiger partial charge in [0, 0.05) is 30.6 Å². The van der Waals surface area contributed by atoms with Gasteiger partial charge in [-0.25, -0.2) is 0 Å². The quantitative estimate of drug-likeness (QED) is 0.241. The van der Waals surface area contributed by atoms with E-state index in [1.807, 2.05) is 30.3 Å². The van der Waals surface area contributed by atoms with E-state index in [2.05, 4.69) is 5.32 Å². The maximum Gasteiger partial charge on any atom is 0.273 e. The summed E-state index contributed by atoms with van der Waals surface area (Å²) in [5.41, 5.74) is 1.75. The van der Waals surface area contributed by atoms with E-state index in [1.165, 1.54) is 11.0 Å². The SMILES string of the molecule is O=C(NC1CCCC1)C(Cc1ccccc1)N(Cc1ccc(Cl)c(Cl)c1)C(=O)Cc1ccccc1[N+](=O)[O-]. The molecule has 1 unspecified atom stereocenters. The number of carbonyl (C=O) groups excluding carboxylic acids is 2. The molecule has 0 saturated heterocycles. The number of halogens is 2. The van der Waals surface area contributed by atoms with Crippen molar-refractivity contribution in [3.8, 4) is 0 Å². The van der Waals surface area contributed by atoms with Gasteiger partial charge in [-0.15, -0.1) is 0 Å². The van der Waals surface area contributed by atoms with Crippen LogP contribution in [-0.2, 0) is 29.0 Å². The average molecular weight is 554 g/mol. The zero-order chi connectivity index (χ0) is 27.1. The molecule has 1 atom stereocenters. The first-order chi connectivity index (χ1) is 18.3. The standard InChI is InChI=1S/C29H29Cl2N3O4/c30-24-15-14-21(16-25(24)31)19-33(28(35)18-22-10-4-7-13-26(22)34(37)38)27(17-20-8-2-1-3-9-20)29(36)32-23-11-5-6-12-23/h1-4,7-10,13-16,23,27H,5-6,11-12,17-19H2,(H,32,36). The smallest absolute Gasteiger partial charge is 0.273 e. The monoisotopic (exact) mass is 553 g/mol. The Bertz CT molecular complexity index is 1300. The lowest BCUT2D eigenvalue weighted by Crippen LogP contribution is -2.52. The number of nitrogens with one attached hydrogen (secondary N) is 1. The maximum atomic E-state index is 13.9. The lowest BCUT2D eigenvalue weighted by Gasteiger charge is -2.32. The lowest BCUT2D eigenvalue weighted by atomic mass is 10.0. The van der Waals surface area contributed by atoms with Gasteiger partial charge in [-0.2, -0.15) is 0 Å². The second-order valence-electron chi connectivity index (χ2n) is 9.53. The second kappa shape index (κ2) is 12.9. The van der Waals surface area contributed by atoms with E-state index in [0.29, 0.717) is 22.0 Å². The third-order valence-corrected chi connectivity index (χ3v) is 7.58. The molecule has 0 heterocycles. The first-order valence-electron chi connectivity index (χ1n) is 12.6. The summed E-state index contributed by atoms with van der Waals surface area (Å²) in [5, 5.41) is 15.5. The van der Waals surface area contributed by atoms with Gasteiger partial charge in [-0.1, -0.05) is 90.6 Å². The summed E-state index contributed by atoms with van der Waals surface area (Å²) < 4.78 is 0. The molecule has 9 heteroatoms. The topological polar surface area (TPSA) is 92.6 Å². The highest BCUT2D eigenvalue weighted by Gasteiger charge is 2.33. The van der Waals surface area contributed by atoms with E-state index in [0.717, 1.165) is 31.2 Å². The minimum absolute atomic E-state index is 0.0675. The zero-order valence-corrected chi connectivity index (χ0v) is 22.3. The van der Waals surface area contributed by atoms with Crippen molar-refractivity contribution in [2.45, 2.75) is 57.2 Å². The molecule has 38 heavy (non-hydrogen) atoms. The Morgan fingerprint density at radius 3 is 2.32 bits per heavy atom. The van der Waals surface area contributed by atoms with E-state index in [9.17, 15) is 19.7 Å². The summed E-state index contributed by atoms with van der Waals surface area (Å²) in [6, 6.07) is 20.0. The van der Waals surface area contributed by atoms with Gasteiger partial charge in [0.05, 0.1) is 21.4 Å². The van der Waals surface area contributed by atoms with Crippen LogP contribution in [0.25, 0.3) is 0 Å². The van der Waals surface area contributed by atoms with Gasteiger partial charge < -0.3 is 10.2 Å². The molecule has 0 radical (unpaired) electrons. The van der Waals surface area contributed by atoms with E-state index in [1.54, 1.807) is 36.4 Å². The van der Waals surface area contributed by atoms with Crippen LogP contribution < -0.4 is 5.32 Å². The van der Waals surface area contributed by atoms with E-state index < -0.39 is 16.9 Å². The fourth-order valence-corrected chi connectivity index (χ4v) is 5.18. The molecule has 1 saturated carbocycles. The Morgan fingerprint density at radius 2 is 1.63 bits per heavy atom. The highest BCUT2D eigenvalue weighted by molar-refractivity contribution is 6.42. The zero-order valence-electron chi connectivity index (χ0n) is 20.8. The van der Waals surface area contributed by atoms with Crippen LogP contribution in [0.15, 0.2) is 72.8 Å². The van der Waals surface area contributed by atoms with E-state index in [-0.39, 0.29) is 36.2 Å². The van der Waals surface area contributed by atoms with Crippen molar-refractivity contribution in [2.75, 3.05) is 0 Å². The van der Waals surface area contributed by atoms with Crippen molar-refractivity contribution in [2.24, 2.45) is 0 Å². The lowest BCUT2D eigenvalue weighted by molar-refractivity contribution is -0.385. The van der Waals surface area contributed by atoms with Crippen LogP contribution in [-0.4, -0.2) is 33.7 Å². The van der Waals surface area contributed by atoms with Crippen LogP contribution in [0.3, 0.4) is 0 Å². The minimum Gasteiger partial charge on any atom is -0.352 e. The van der Waals surface area contributed by atoms with Gasteiger partial charge >= 0.3 is 0 Å². The number of hydrogen-bond donors (Lipinski definition) is 1. The highest BCUT2D eigenvalue weighted by Crippen LogP contribution is 2.26. The fourth-order valence-electron chi connectivity index (χ4n) is 4.86. The molecular formula is C29H29Cl2N3O4. The molecule has 0 aliphatic heterocycles. The first kappa shape index (κ1) is 27.6. The van der Waals surface area contributed by atoms with Gasteiger partial charge in [0.2, 0.25) is 11.8 Å². The molecule has 198 valence electrons. The van der Waals surface area contributed by atoms with Gasteiger partial charge in [0.15, 0.2) is 0 Å². The molecule has 2 amide bonds. The number of benzene rings is 3. The molecule has 1 fully saturated rings. The van der Waals surface area contributed by atoms with Gasteiger partial charge in [0.1, 0.15) is 6.04 Å². The van der Waals surface area contributed by atoms with Crippen LogP contribution in [0.1, 0.15) is 42.4 Å². The molecule has 0 aromatic heterocycles. The molecule has 4 rings (SSSR count). The summed E-state index contributed by atoms with van der Waals surface area (Å²) in [4.78, 5) is 40.2. The van der Waals surface area contributed by atoms with Crippen LogP contribution in [0, 0.1) is 10.1 Å². The molecule has 0 bridgehead atoms. The van der Waals surface area contributed by atoms with Crippen molar-refractivity contribution in [3.63, 3.8) is 0 Å². The Hall–Kier alpha value is -3.42. The van der Waals surface area contributed by atoms with E-state index >= 15 is 0 Å². The Balaban J connectivity index is 1.71. The van der Waals surface area contributed by atoms with Crippen LogP contribution in [0.5, 0.6) is 0 Å². The van der Waals surface area contributed by atoms with E-state index in [4.69, 9.17) is 23.2 Å². The Labute approximate surface area is 231 Å². The first-order valence-corrected chi connectivity index (χ1v) is 13.4. The van der Waals surface area contributed by atoms with Gasteiger partial charge in [-0.3, -0.25) is 19.7 Å². The molecule has 7 nitrogen and oxygen atoms in total. The Kier molecular flexibility index (Phi) is 9.37. The number of rotatable bonds is 10. The van der Waals surface area contributed by atoms with Gasteiger partial charge in [-0.05, 0) is 36.1 Å². The highest BCUT2D eigenvalue weighted by atomic mass is 35.5. The average Bonchev–Trinajstić information content (AvgIpc) is 3.42. The van der Waals surface area contributed by atoms with Crippen LogP contribution >= 0.6 is 23.2 Å². The fraction of sp³-hybridized carbons (Fsp3) is 0.310. The molecule has 1 aliphatic rings. The minimum atomic E-state index is -0.831.